The van der Waals surface area contributed by atoms with Gasteiger partial charge in [-0.25, -0.2) is 0 Å². The van der Waals surface area contributed by atoms with Crippen molar-refractivity contribution in [3.05, 3.63) is 22.4 Å². The molecule has 2 nitrogen and oxygen atoms in total. The summed E-state index contributed by atoms with van der Waals surface area (Å²) in [7, 11) is 0. The highest BCUT2D eigenvalue weighted by atomic mass is 32.1. The van der Waals surface area contributed by atoms with E-state index in [1.165, 1.54) is 17.7 Å². The van der Waals surface area contributed by atoms with Crippen LogP contribution < -0.4 is 5.73 Å². The van der Waals surface area contributed by atoms with Gasteiger partial charge in [0.2, 0.25) is 0 Å². The third-order valence-electron chi connectivity index (χ3n) is 3.84. The summed E-state index contributed by atoms with van der Waals surface area (Å²) in [6, 6.07) is 4.49. The Morgan fingerprint density at radius 1 is 1.47 bits per heavy atom. The normalized spacial score (nSPS) is 20.6. The van der Waals surface area contributed by atoms with Gasteiger partial charge in [-0.3, -0.25) is 0 Å². The van der Waals surface area contributed by atoms with Crippen LogP contribution in [0.15, 0.2) is 17.5 Å². The maximum atomic E-state index is 6.40. The van der Waals surface area contributed by atoms with E-state index < -0.39 is 0 Å². The first-order valence-electron chi connectivity index (χ1n) is 6.69. The molecule has 1 fully saturated rings. The van der Waals surface area contributed by atoms with E-state index >= 15 is 0 Å². The van der Waals surface area contributed by atoms with Gasteiger partial charge in [-0.2, -0.15) is 0 Å². The smallest absolute Gasteiger partial charge is 0.0832 e. The molecule has 1 aromatic rings. The van der Waals surface area contributed by atoms with Gasteiger partial charge < -0.3 is 10.5 Å². The second kappa shape index (κ2) is 5.98. The van der Waals surface area contributed by atoms with Crippen molar-refractivity contribution >= 4 is 11.3 Å². The third kappa shape index (κ3) is 3.09. The van der Waals surface area contributed by atoms with Gasteiger partial charge in [0.1, 0.15) is 0 Å². The van der Waals surface area contributed by atoms with Crippen LogP contribution in [-0.2, 0) is 11.2 Å². The Morgan fingerprint density at radius 2 is 2.24 bits per heavy atom. The van der Waals surface area contributed by atoms with Crippen molar-refractivity contribution in [1.82, 2.24) is 0 Å². The van der Waals surface area contributed by atoms with E-state index in [1.807, 2.05) is 11.3 Å². The Kier molecular flexibility index (Phi) is 4.60. The second-order valence-electron chi connectivity index (χ2n) is 4.93. The fourth-order valence-electron chi connectivity index (χ4n) is 2.90. The van der Waals surface area contributed by atoms with Gasteiger partial charge in [0.25, 0.3) is 0 Å². The summed E-state index contributed by atoms with van der Waals surface area (Å²) in [6.45, 7) is 2.86. The van der Waals surface area contributed by atoms with Crippen molar-refractivity contribution in [2.75, 3.05) is 6.61 Å². The molecule has 1 unspecified atom stereocenters. The molecule has 0 radical (unpaired) electrons. The van der Waals surface area contributed by atoms with Crippen molar-refractivity contribution in [3.8, 4) is 0 Å². The lowest BCUT2D eigenvalue weighted by atomic mass is 9.89. The Morgan fingerprint density at radius 3 is 2.82 bits per heavy atom. The molecular weight excluding hydrogens is 230 g/mol. The molecule has 1 aliphatic rings. The summed E-state index contributed by atoms with van der Waals surface area (Å²) in [5.41, 5.74) is 6.37. The van der Waals surface area contributed by atoms with Gasteiger partial charge in [0.15, 0.2) is 0 Å². The predicted molar refractivity (Wildman–Crippen MR) is 73.4 cm³/mol. The van der Waals surface area contributed by atoms with Crippen LogP contribution in [0.1, 0.15) is 43.9 Å². The largest absolute Gasteiger partial charge is 0.374 e. The zero-order chi connectivity index (χ0) is 12.1. The van der Waals surface area contributed by atoms with Gasteiger partial charge in [0, 0.05) is 17.5 Å². The third-order valence-corrected chi connectivity index (χ3v) is 4.78. The summed E-state index contributed by atoms with van der Waals surface area (Å²) in [6.07, 6.45) is 6.96. The van der Waals surface area contributed by atoms with Crippen LogP contribution in [-0.4, -0.2) is 18.2 Å². The Labute approximate surface area is 108 Å². The summed E-state index contributed by atoms with van der Waals surface area (Å²) in [5, 5.41) is 2.13. The number of aryl methyl sites for hydroxylation is 1. The summed E-state index contributed by atoms with van der Waals surface area (Å²) < 4.78 is 6.00. The number of rotatable bonds is 6. The minimum absolute atomic E-state index is 0.0218. The van der Waals surface area contributed by atoms with Crippen LogP contribution >= 0.6 is 11.3 Å². The van der Waals surface area contributed by atoms with Crippen molar-refractivity contribution in [1.29, 1.82) is 0 Å². The van der Waals surface area contributed by atoms with E-state index in [0.29, 0.717) is 0 Å². The fraction of sp³-hybridized carbons (Fsp3) is 0.714. The molecule has 2 N–H and O–H groups in total. The zero-order valence-electron chi connectivity index (χ0n) is 10.7. The highest BCUT2D eigenvalue weighted by Gasteiger charge is 2.39. The monoisotopic (exact) mass is 253 g/mol. The minimum Gasteiger partial charge on any atom is -0.374 e. The van der Waals surface area contributed by atoms with Crippen molar-refractivity contribution < 1.29 is 4.74 Å². The Balaban J connectivity index is 1.90. The molecular formula is C14H23NOS. The van der Waals surface area contributed by atoms with E-state index in [2.05, 4.69) is 24.4 Å². The highest BCUT2D eigenvalue weighted by Crippen LogP contribution is 2.36. The standard InChI is InChI=1S/C14H23NOS/c1-2-16-14(9-3-4-10-14)13(15)8-7-12-6-5-11-17-12/h5-6,11,13H,2-4,7-10,15H2,1H3. The lowest BCUT2D eigenvalue weighted by Gasteiger charge is -2.35. The molecule has 3 heteroatoms. The number of nitrogens with two attached hydrogens (primary N) is 1. The molecule has 17 heavy (non-hydrogen) atoms. The van der Waals surface area contributed by atoms with Crippen molar-refractivity contribution in [2.24, 2.45) is 5.73 Å². The second-order valence-corrected chi connectivity index (χ2v) is 5.96. The SMILES string of the molecule is CCOC1(C(N)CCc2cccs2)CCCC1. The number of hydrogen-bond acceptors (Lipinski definition) is 3. The van der Waals surface area contributed by atoms with Crippen LogP contribution in [0.5, 0.6) is 0 Å². The van der Waals surface area contributed by atoms with E-state index in [4.69, 9.17) is 10.5 Å². The highest BCUT2D eigenvalue weighted by molar-refractivity contribution is 7.09. The maximum Gasteiger partial charge on any atom is 0.0832 e. The lowest BCUT2D eigenvalue weighted by molar-refractivity contribution is -0.0541. The molecule has 1 heterocycles. The molecule has 0 aromatic carbocycles. The molecule has 96 valence electrons. The average molecular weight is 253 g/mol. The van der Waals surface area contributed by atoms with E-state index in [1.54, 1.807) is 0 Å². The Bertz CT molecular complexity index is 317. The molecule has 1 aromatic heterocycles. The van der Waals surface area contributed by atoms with Crippen LogP contribution in [0, 0.1) is 0 Å². The molecule has 0 saturated heterocycles. The zero-order valence-corrected chi connectivity index (χ0v) is 11.5. The predicted octanol–water partition coefficient (Wildman–Crippen LogP) is 3.36. The van der Waals surface area contributed by atoms with Crippen molar-refractivity contribution in [2.45, 2.75) is 57.1 Å². The molecule has 0 spiro atoms. The van der Waals surface area contributed by atoms with Crippen LogP contribution in [0.25, 0.3) is 0 Å². The van der Waals surface area contributed by atoms with Gasteiger partial charge >= 0.3 is 0 Å². The fourth-order valence-corrected chi connectivity index (χ4v) is 3.62. The maximum absolute atomic E-state index is 6.40. The van der Waals surface area contributed by atoms with Crippen LogP contribution in [0.4, 0.5) is 0 Å². The number of hydrogen-bond donors (Lipinski definition) is 1. The molecule has 1 aliphatic carbocycles. The average Bonchev–Trinajstić information content (AvgIpc) is 2.97. The van der Waals surface area contributed by atoms with Gasteiger partial charge in [0.05, 0.1) is 5.60 Å². The number of thiophene rings is 1. The first kappa shape index (κ1) is 13.1. The van der Waals surface area contributed by atoms with Crippen molar-refractivity contribution in [3.63, 3.8) is 0 Å². The molecule has 1 saturated carbocycles. The summed E-state index contributed by atoms with van der Waals surface area (Å²) in [4.78, 5) is 1.44. The summed E-state index contributed by atoms with van der Waals surface area (Å²) in [5.74, 6) is 0. The van der Waals surface area contributed by atoms with Crippen LogP contribution in [0.2, 0.25) is 0 Å². The molecule has 1 atom stereocenters. The first-order chi connectivity index (χ1) is 8.27. The lowest BCUT2D eigenvalue weighted by Crippen LogP contribution is -2.48. The van der Waals surface area contributed by atoms with E-state index in [0.717, 1.165) is 32.3 Å². The van der Waals surface area contributed by atoms with E-state index in [9.17, 15) is 0 Å². The molecule has 0 amide bonds. The van der Waals surface area contributed by atoms with E-state index in [-0.39, 0.29) is 11.6 Å². The summed E-state index contributed by atoms with van der Waals surface area (Å²) >= 11 is 1.82. The van der Waals surface area contributed by atoms with Gasteiger partial charge in [-0.1, -0.05) is 18.9 Å². The van der Waals surface area contributed by atoms with Crippen LogP contribution in [0.3, 0.4) is 0 Å². The minimum atomic E-state index is -0.0218. The first-order valence-corrected chi connectivity index (χ1v) is 7.57. The molecule has 0 aliphatic heterocycles. The Hall–Kier alpha value is -0.380. The molecule has 2 rings (SSSR count). The quantitative estimate of drug-likeness (QED) is 0.843. The van der Waals surface area contributed by atoms with Gasteiger partial charge in [-0.05, 0) is 44.1 Å². The number of ether oxygens (including phenoxy) is 1. The molecule has 0 bridgehead atoms. The van der Waals surface area contributed by atoms with Gasteiger partial charge in [-0.15, -0.1) is 11.3 Å². The topological polar surface area (TPSA) is 35.2 Å².